The van der Waals surface area contributed by atoms with Crippen LogP contribution in [0.3, 0.4) is 0 Å². The first-order valence-electron chi connectivity index (χ1n) is 8.02. The van der Waals surface area contributed by atoms with Crippen molar-refractivity contribution >= 4 is 5.71 Å². The third-order valence-corrected chi connectivity index (χ3v) is 4.35. The van der Waals surface area contributed by atoms with Gasteiger partial charge < -0.3 is 9.47 Å². The summed E-state index contributed by atoms with van der Waals surface area (Å²) in [5.74, 6) is 2.90. The van der Waals surface area contributed by atoms with Gasteiger partial charge in [0.25, 0.3) is 0 Å². The van der Waals surface area contributed by atoms with Crippen LogP contribution in [0.5, 0.6) is 11.5 Å². The van der Waals surface area contributed by atoms with Gasteiger partial charge in [0, 0.05) is 17.5 Å². The van der Waals surface area contributed by atoms with Crippen molar-refractivity contribution in [3.8, 4) is 22.9 Å². The van der Waals surface area contributed by atoms with E-state index in [4.69, 9.17) is 14.6 Å². The number of nitrogens with zero attached hydrogens (tertiary/aromatic N) is 4. The minimum absolute atomic E-state index is 0.681. The van der Waals surface area contributed by atoms with E-state index in [0.717, 1.165) is 28.5 Å². The normalized spacial score (nSPS) is 12.7. The second-order valence-electron chi connectivity index (χ2n) is 5.83. The highest BCUT2D eigenvalue weighted by atomic mass is 16.5. The van der Waals surface area contributed by atoms with Gasteiger partial charge in [-0.3, -0.25) is 0 Å². The standard InChI is InChI=1S/C19H18N4O2/c1-12-20-21-19-15-7-5-4-6-13(15)10-16(22-23(12)19)14-8-9-17(24-2)18(11-14)25-3/h4-9,11H,10H2,1-3H3. The van der Waals surface area contributed by atoms with Crippen LogP contribution in [0.1, 0.15) is 17.0 Å². The molecule has 0 saturated carbocycles. The van der Waals surface area contributed by atoms with Crippen molar-refractivity contribution in [2.75, 3.05) is 14.2 Å². The minimum Gasteiger partial charge on any atom is -0.493 e. The van der Waals surface area contributed by atoms with Gasteiger partial charge in [-0.15, -0.1) is 10.2 Å². The fourth-order valence-electron chi connectivity index (χ4n) is 3.05. The van der Waals surface area contributed by atoms with Gasteiger partial charge in [0.05, 0.1) is 19.9 Å². The molecule has 0 unspecified atom stereocenters. The van der Waals surface area contributed by atoms with Crippen molar-refractivity contribution in [2.45, 2.75) is 13.3 Å². The van der Waals surface area contributed by atoms with Crippen LogP contribution in [0.15, 0.2) is 47.6 Å². The Labute approximate surface area is 145 Å². The average Bonchev–Trinajstić information content (AvgIpc) is 2.92. The largest absolute Gasteiger partial charge is 0.493 e. The van der Waals surface area contributed by atoms with Crippen molar-refractivity contribution in [3.05, 3.63) is 59.4 Å². The topological polar surface area (TPSA) is 61.5 Å². The zero-order chi connectivity index (χ0) is 17.4. The molecule has 0 atom stereocenters. The lowest BCUT2D eigenvalue weighted by Crippen LogP contribution is -2.07. The van der Waals surface area contributed by atoms with E-state index in [2.05, 4.69) is 22.3 Å². The van der Waals surface area contributed by atoms with Gasteiger partial charge >= 0.3 is 0 Å². The van der Waals surface area contributed by atoms with E-state index < -0.39 is 0 Å². The number of rotatable bonds is 3. The number of aromatic nitrogens is 3. The molecule has 0 aliphatic carbocycles. The van der Waals surface area contributed by atoms with Crippen molar-refractivity contribution in [3.63, 3.8) is 0 Å². The number of fused-ring (bicyclic) bond motifs is 3. The number of hydrogen-bond donors (Lipinski definition) is 0. The predicted octanol–water partition coefficient (Wildman–Crippen LogP) is 3.08. The third-order valence-electron chi connectivity index (χ3n) is 4.35. The fourth-order valence-corrected chi connectivity index (χ4v) is 3.05. The molecule has 0 fully saturated rings. The third kappa shape index (κ3) is 2.55. The van der Waals surface area contributed by atoms with Crippen LogP contribution in [-0.2, 0) is 6.42 Å². The van der Waals surface area contributed by atoms with Gasteiger partial charge in [-0.05, 0) is 30.7 Å². The lowest BCUT2D eigenvalue weighted by Gasteiger charge is -2.11. The minimum atomic E-state index is 0.681. The molecular weight excluding hydrogens is 316 g/mol. The van der Waals surface area contributed by atoms with Crippen molar-refractivity contribution < 1.29 is 9.47 Å². The highest BCUT2D eigenvalue weighted by Crippen LogP contribution is 2.31. The Morgan fingerprint density at radius 2 is 1.76 bits per heavy atom. The van der Waals surface area contributed by atoms with E-state index in [1.165, 1.54) is 5.56 Å². The molecule has 1 aromatic heterocycles. The molecule has 25 heavy (non-hydrogen) atoms. The maximum absolute atomic E-state index is 5.44. The maximum Gasteiger partial charge on any atom is 0.185 e. The molecule has 2 heterocycles. The molecule has 0 bridgehead atoms. The smallest absolute Gasteiger partial charge is 0.185 e. The first kappa shape index (κ1) is 15.4. The SMILES string of the molecule is COc1ccc(C2=Nn3c(C)nnc3-c3ccccc3C2)cc1OC. The van der Waals surface area contributed by atoms with Gasteiger partial charge in [0.2, 0.25) is 0 Å². The Kier molecular flexibility index (Phi) is 3.72. The van der Waals surface area contributed by atoms with Crippen LogP contribution in [0, 0.1) is 6.92 Å². The Morgan fingerprint density at radius 3 is 2.56 bits per heavy atom. The Bertz CT molecular complexity index is 975. The summed E-state index contributed by atoms with van der Waals surface area (Å²) in [6.07, 6.45) is 0.703. The molecule has 3 aromatic rings. The monoisotopic (exact) mass is 334 g/mol. The van der Waals surface area contributed by atoms with Crippen molar-refractivity contribution in [1.82, 2.24) is 14.9 Å². The summed E-state index contributed by atoms with van der Waals surface area (Å²) in [7, 11) is 3.26. The predicted molar refractivity (Wildman–Crippen MR) is 95.4 cm³/mol. The Hall–Kier alpha value is -3.15. The molecule has 0 radical (unpaired) electrons. The number of aryl methyl sites for hydroxylation is 1. The molecule has 0 amide bonds. The van der Waals surface area contributed by atoms with Gasteiger partial charge in [-0.1, -0.05) is 24.3 Å². The molecule has 4 rings (SSSR count). The summed E-state index contributed by atoms with van der Waals surface area (Å²) in [6.45, 7) is 1.90. The maximum atomic E-state index is 5.44. The quantitative estimate of drug-likeness (QED) is 0.738. The van der Waals surface area contributed by atoms with Crippen LogP contribution in [0.4, 0.5) is 0 Å². The second kappa shape index (κ2) is 6.05. The summed E-state index contributed by atoms with van der Waals surface area (Å²) in [4.78, 5) is 0. The summed E-state index contributed by atoms with van der Waals surface area (Å²) < 4.78 is 12.6. The molecule has 0 N–H and O–H groups in total. The highest BCUT2D eigenvalue weighted by molar-refractivity contribution is 6.03. The van der Waals surface area contributed by atoms with Crippen LogP contribution in [0.2, 0.25) is 0 Å². The summed E-state index contributed by atoms with van der Waals surface area (Å²) in [5, 5.41) is 13.3. The van der Waals surface area contributed by atoms with Gasteiger partial charge in [0.15, 0.2) is 23.1 Å². The van der Waals surface area contributed by atoms with E-state index in [9.17, 15) is 0 Å². The van der Waals surface area contributed by atoms with Gasteiger partial charge in [-0.25, -0.2) is 0 Å². The van der Waals surface area contributed by atoms with E-state index in [1.807, 2.05) is 37.3 Å². The van der Waals surface area contributed by atoms with Gasteiger partial charge in [0.1, 0.15) is 0 Å². The molecule has 1 aliphatic heterocycles. The first-order chi connectivity index (χ1) is 12.2. The zero-order valence-corrected chi connectivity index (χ0v) is 14.4. The number of methoxy groups -OCH3 is 2. The molecule has 126 valence electrons. The van der Waals surface area contributed by atoms with Crippen LogP contribution < -0.4 is 9.47 Å². The number of benzene rings is 2. The summed E-state index contributed by atoms with van der Waals surface area (Å²) in [5.41, 5.74) is 4.13. The summed E-state index contributed by atoms with van der Waals surface area (Å²) in [6, 6.07) is 14.0. The molecule has 6 heteroatoms. The highest BCUT2D eigenvalue weighted by Gasteiger charge is 2.21. The van der Waals surface area contributed by atoms with Crippen LogP contribution in [0.25, 0.3) is 11.4 Å². The van der Waals surface area contributed by atoms with E-state index in [1.54, 1.807) is 18.9 Å². The van der Waals surface area contributed by atoms with Crippen molar-refractivity contribution in [2.24, 2.45) is 5.10 Å². The van der Waals surface area contributed by atoms with Crippen molar-refractivity contribution in [1.29, 1.82) is 0 Å². The number of hydrogen-bond acceptors (Lipinski definition) is 5. The molecule has 6 nitrogen and oxygen atoms in total. The Balaban J connectivity index is 1.89. The molecule has 1 aliphatic rings. The van der Waals surface area contributed by atoms with Crippen LogP contribution in [-0.4, -0.2) is 34.8 Å². The van der Waals surface area contributed by atoms with E-state index >= 15 is 0 Å². The first-order valence-corrected chi connectivity index (χ1v) is 8.02. The summed E-state index contributed by atoms with van der Waals surface area (Å²) >= 11 is 0. The molecule has 0 saturated heterocycles. The lowest BCUT2D eigenvalue weighted by atomic mass is 9.98. The van der Waals surface area contributed by atoms with E-state index in [0.29, 0.717) is 17.9 Å². The average molecular weight is 334 g/mol. The number of ether oxygens (including phenoxy) is 2. The molecular formula is C19H18N4O2. The molecule has 0 spiro atoms. The van der Waals surface area contributed by atoms with Crippen LogP contribution >= 0.6 is 0 Å². The zero-order valence-electron chi connectivity index (χ0n) is 14.4. The fraction of sp³-hybridized carbons (Fsp3) is 0.211. The second-order valence-corrected chi connectivity index (χ2v) is 5.83. The lowest BCUT2D eigenvalue weighted by molar-refractivity contribution is 0.355. The molecule has 2 aromatic carbocycles. The van der Waals surface area contributed by atoms with Gasteiger partial charge in [-0.2, -0.15) is 9.78 Å². The Morgan fingerprint density at radius 1 is 0.960 bits per heavy atom. The van der Waals surface area contributed by atoms with E-state index in [-0.39, 0.29) is 0 Å².